The number of carbonyl (C=O) groups excluding carboxylic acids is 2. The maximum atomic E-state index is 12.8. The van der Waals surface area contributed by atoms with E-state index in [1.54, 1.807) is 6.20 Å². The largest absolute Gasteiger partial charge is 0.461 e. The lowest BCUT2D eigenvalue weighted by Crippen LogP contribution is -2.26. The van der Waals surface area contributed by atoms with Crippen LogP contribution >= 0.6 is 0 Å². The Morgan fingerprint density at radius 2 is 1.72 bits per heavy atom. The van der Waals surface area contributed by atoms with E-state index in [0.29, 0.717) is 25.1 Å². The molecule has 32 heavy (non-hydrogen) atoms. The van der Waals surface area contributed by atoms with E-state index in [1.165, 1.54) is 0 Å². The molecule has 0 saturated heterocycles. The number of nitrogens with zero attached hydrogens (tertiary/aromatic N) is 1. The van der Waals surface area contributed by atoms with E-state index in [4.69, 9.17) is 10.5 Å². The van der Waals surface area contributed by atoms with Gasteiger partial charge in [0.15, 0.2) is 0 Å². The number of fused-ring (bicyclic) bond motifs is 1. The number of esters is 1. The van der Waals surface area contributed by atoms with Crippen LogP contribution in [-0.2, 0) is 16.1 Å². The second kappa shape index (κ2) is 12.4. The molecular formula is C25H30N4O3. The third-order valence-corrected chi connectivity index (χ3v) is 5.04. The lowest BCUT2D eigenvalue weighted by atomic mass is 10.1. The van der Waals surface area contributed by atoms with Crippen molar-refractivity contribution in [3.05, 3.63) is 71.9 Å². The van der Waals surface area contributed by atoms with Crippen LogP contribution in [-0.4, -0.2) is 36.5 Å². The minimum Gasteiger partial charge on any atom is -0.461 e. The van der Waals surface area contributed by atoms with Gasteiger partial charge in [-0.15, -0.1) is 0 Å². The smallest absolute Gasteiger partial charge is 0.306 e. The highest BCUT2D eigenvalue weighted by Crippen LogP contribution is 2.26. The lowest BCUT2D eigenvalue weighted by molar-refractivity contribution is -0.145. The number of anilines is 1. The molecule has 4 N–H and O–H groups in total. The standard InChI is InChI=1S/C25H30N4O3/c26-14-6-7-15-27-24-20-11-4-5-12-22(20)29-17-21(24)25(31)28-16-8-13-23(30)32-18-19-9-2-1-3-10-19/h1-5,9-12,17H,6-8,13-16,18,26H2,(H,27,29)(H,28,31). The normalized spacial score (nSPS) is 10.7. The van der Waals surface area contributed by atoms with Gasteiger partial charge in [-0.3, -0.25) is 14.6 Å². The van der Waals surface area contributed by atoms with Crippen LogP contribution in [0.5, 0.6) is 0 Å². The Morgan fingerprint density at radius 3 is 2.53 bits per heavy atom. The zero-order valence-electron chi connectivity index (χ0n) is 18.2. The number of carbonyl (C=O) groups is 2. The first-order valence-corrected chi connectivity index (χ1v) is 11.0. The fourth-order valence-corrected chi connectivity index (χ4v) is 3.33. The number of nitrogens with one attached hydrogen (secondary N) is 2. The summed E-state index contributed by atoms with van der Waals surface area (Å²) in [6, 6.07) is 17.3. The molecule has 1 aromatic heterocycles. The van der Waals surface area contributed by atoms with Crippen LogP contribution in [0.15, 0.2) is 60.8 Å². The first-order valence-electron chi connectivity index (χ1n) is 11.0. The van der Waals surface area contributed by atoms with E-state index in [9.17, 15) is 9.59 Å². The van der Waals surface area contributed by atoms with Crippen molar-refractivity contribution in [2.24, 2.45) is 5.73 Å². The maximum absolute atomic E-state index is 12.8. The quantitative estimate of drug-likeness (QED) is 0.297. The number of hydrogen-bond acceptors (Lipinski definition) is 6. The van der Waals surface area contributed by atoms with Gasteiger partial charge in [0.2, 0.25) is 0 Å². The molecule has 0 bridgehead atoms. The first kappa shape index (κ1) is 23.2. The summed E-state index contributed by atoms with van der Waals surface area (Å²) in [7, 11) is 0. The molecule has 0 fully saturated rings. The number of para-hydroxylation sites is 1. The Morgan fingerprint density at radius 1 is 0.938 bits per heavy atom. The highest BCUT2D eigenvalue weighted by molar-refractivity contribution is 6.07. The van der Waals surface area contributed by atoms with E-state index < -0.39 is 0 Å². The predicted molar refractivity (Wildman–Crippen MR) is 126 cm³/mol. The van der Waals surface area contributed by atoms with Gasteiger partial charge in [-0.1, -0.05) is 48.5 Å². The van der Waals surface area contributed by atoms with Crippen LogP contribution < -0.4 is 16.4 Å². The molecule has 1 amide bonds. The minimum absolute atomic E-state index is 0.220. The molecule has 3 rings (SSSR count). The third kappa shape index (κ3) is 6.78. The molecule has 1 heterocycles. The predicted octanol–water partition coefficient (Wildman–Crippen LogP) is 3.64. The third-order valence-electron chi connectivity index (χ3n) is 5.04. The summed E-state index contributed by atoms with van der Waals surface area (Å²) in [6.45, 7) is 1.99. The molecule has 7 heteroatoms. The molecule has 0 atom stereocenters. The zero-order valence-corrected chi connectivity index (χ0v) is 18.2. The van der Waals surface area contributed by atoms with Crippen LogP contribution in [0.3, 0.4) is 0 Å². The van der Waals surface area contributed by atoms with Gasteiger partial charge >= 0.3 is 5.97 Å². The topological polar surface area (TPSA) is 106 Å². The molecule has 0 radical (unpaired) electrons. The minimum atomic E-state index is -0.280. The molecule has 0 aliphatic heterocycles. The van der Waals surface area contributed by atoms with E-state index in [-0.39, 0.29) is 24.9 Å². The number of amides is 1. The van der Waals surface area contributed by atoms with Crippen molar-refractivity contribution >= 4 is 28.5 Å². The zero-order chi connectivity index (χ0) is 22.6. The van der Waals surface area contributed by atoms with E-state index >= 15 is 0 Å². The number of ether oxygens (including phenoxy) is 1. The number of aromatic nitrogens is 1. The molecule has 7 nitrogen and oxygen atoms in total. The summed E-state index contributed by atoms with van der Waals surface area (Å²) < 4.78 is 5.27. The van der Waals surface area contributed by atoms with Gasteiger partial charge in [0.1, 0.15) is 6.61 Å². The SMILES string of the molecule is NCCCCNc1c(C(=O)NCCCC(=O)OCc2ccccc2)cnc2ccccc12. The highest BCUT2D eigenvalue weighted by atomic mass is 16.5. The van der Waals surface area contributed by atoms with Crippen molar-refractivity contribution < 1.29 is 14.3 Å². The van der Waals surface area contributed by atoms with Gasteiger partial charge in [0.25, 0.3) is 5.91 Å². The van der Waals surface area contributed by atoms with E-state index in [1.807, 2.05) is 54.6 Å². The van der Waals surface area contributed by atoms with Gasteiger partial charge in [0, 0.05) is 31.1 Å². The van der Waals surface area contributed by atoms with Crippen LogP contribution in [0.1, 0.15) is 41.6 Å². The van der Waals surface area contributed by atoms with Crippen molar-refractivity contribution in [3.63, 3.8) is 0 Å². The molecule has 0 aliphatic carbocycles. The molecular weight excluding hydrogens is 404 g/mol. The van der Waals surface area contributed by atoms with E-state index in [2.05, 4.69) is 15.6 Å². The van der Waals surface area contributed by atoms with Crippen molar-refractivity contribution in [2.45, 2.75) is 32.3 Å². The Bertz CT molecular complexity index is 1020. The van der Waals surface area contributed by atoms with Crippen molar-refractivity contribution in [1.82, 2.24) is 10.3 Å². The number of rotatable bonds is 12. The number of unbranched alkanes of at least 4 members (excludes halogenated alkanes) is 1. The average molecular weight is 435 g/mol. The Hall–Kier alpha value is -3.45. The summed E-state index contributed by atoms with van der Waals surface area (Å²) in [5.74, 6) is -0.500. The van der Waals surface area contributed by atoms with Crippen LogP contribution in [0.25, 0.3) is 10.9 Å². The fraction of sp³-hybridized carbons (Fsp3) is 0.320. The van der Waals surface area contributed by atoms with Crippen LogP contribution in [0.2, 0.25) is 0 Å². The van der Waals surface area contributed by atoms with Crippen molar-refractivity contribution in [1.29, 1.82) is 0 Å². The molecule has 0 aliphatic rings. The number of benzene rings is 2. The summed E-state index contributed by atoms with van der Waals surface area (Å²) in [5, 5.41) is 7.17. The number of pyridine rings is 1. The molecule has 168 valence electrons. The first-order chi connectivity index (χ1) is 15.7. The van der Waals surface area contributed by atoms with Gasteiger partial charge in [-0.2, -0.15) is 0 Å². The second-order valence-electron chi connectivity index (χ2n) is 7.49. The molecule has 0 unspecified atom stereocenters. The summed E-state index contributed by atoms with van der Waals surface area (Å²) in [6.07, 6.45) is 4.17. The van der Waals surface area contributed by atoms with Gasteiger partial charge in [-0.25, -0.2) is 0 Å². The highest BCUT2D eigenvalue weighted by Gasteiger charge is 2.15. The molecule has 0 saturated carbocycles. The lowest BCUT2D eigenvalue weighted by Gasteiger charge is -2.14. The Labute approximate surface area is 188 Å². The fourth-order valence-electron chi connectivity index (χ4n) is 3.33. The summed E-state index contributed by atoms with van der Waals surface area (Å²) in [5.41, 5.74) is 8.61. The summed E-state index contributed by atoms with van der Waals surface area (Å²) in [4.78, 5) is 29.2. The number of hydrogen-bond donors (Lipinski definition) is 3. The van der Waals surface area contributed by atoms with E-state index in [0.717, 1.165) is 41.5 Å². The van der Waals surface area contributed by atoms with Gasteiger partial charge in [0.05, 0.1) is 16.8 Å². The molecule has 3 aromatic rings. The van der Waals surface area contributed by atoms with Crippen LogP contribution in [0, 0.1) is 0 Å². The monoisotopic (exact) mass is 434 g/mol. The molecule has 0 spiro atoms. The van der Waals surface area contributed by atoms with Gasteiger partial charge < -0.3 is 21.1 Å². The van der Waals surface area contributed by atoms with Crippen molar-refractivity contribution in [3.8, 4) is 0 Å². The Balaban J connectivity index is 1.52. The molecule has 2 aromatic carbocycles. The number of nitrogens with two attached hydrogens (primary N) is 1. The summed E-state index contributed by atoms with van der Waals surface area (Å²) >= 11 is 0. The Kier molecular flexibility index (Phi) is 9.01. The average Bonchev–Trinajstić information content (AvgIpc) is 2.83. The second-order valence-corrected chi connectivity index (χ2v) is 7.49. The van der Waals surface area contributed by atoms with Crippen LogP contribution in [0.4, 0.5) is 5.69 Å². The maximum Gasteiger partial charge on any atom is 0.306 e. The van der Waals surface area contributed by atoms with Crippen molar-refractivity contribution in [2.75, 3.05) is 25.0 Å². The van der Waals surface area contributed by atoms with Gasteiger partial charge in [-0.05, 0) is 37.4 Å².